The first-order valence-corrected chi connectivity index (χ1v) is 9.29. The van der Waals surface area contributed by atoms with E-state index in [1.54, 1.807) is 0 Å². The summed E-state index contributed by atoms with van der Waals surface area (Å²) in [5.74, 6) is 0.802. The van der Waals surface area contributed by atoms with E-state index in [2.05, 4.69) is 23.7 Å². The lowest BCUT2D eigenvalue weighted by atomic mass is 9.83. The number of rotatable bonds is 2. The van der Waals surface area contributed by atoms with Crippen molar-refractivity contribution in [1.29, 1.82) is 0 Å². The summed E-state index contributed by atoms with van der Waals surface area (Å²) in [6.07, 6.45) is 16.3. The zero-order valence-electron chi connectivity index (χ0n) is 14.2. The molecule has 1 aliphatic heterocycles. The van der Waals surface area contributed by atoms with Crippen molar-refractivity contribution in [2.24, 2.45) is 10.7 Å². The van der Waals surface area contributed by atoms with E-state index in [4.69, 9.17) is 5.73 Å². The molecule has 2 aliphatic rings. The number of aliphatic imine (C=N–C) groups is 1. The third-order valence-corrected chi connectivity index (χ3v) is 5.61. The molecule has 0 aromatic heterocycles. The van der Waals surface area contributed by atoms with Gasteiger partial charge in [-0.15, -0.1) is 0 Å². The molecule has 21 heavy (non-hydrogen) atoms. The van der Waals surface area contributed by atoms with Gasteiger partial charge in [0.2, 0.25) is 0 Å². The van der Waals surface area contributed by atoms with E-state index in [1.807, 2.05) is 0 Å². The van der Waals surface area contributed by atoms with E-state index in [1.165, 1.54) is 70.6 Å². The molecule has 0 amide bonds. The largest absolute Gasteiger partial charge is 0.370 e. The lowest BCUT2D eigenvalue weighted by Crippen LogP contribution is -2.55. The Hall–Kier alpha value is -0.730. The maximum absolute atomic E-state index is 6.25. The number of nitrogens with zero attached hydrogens (tertiary/aromatic N) is 2. The Morgan fingerprint density at radius 2 is 1.48 bits per heavy atom. The van der Waals surface area contributed by atoms with E-state index >= 15 is 0 Å². The predicted octanol–water partition coefficient (Wildman–Crippen LogP) is 4.46. The fraction of sp³-hybridized carbons (Fsp3) is 0.944. The highest BCUT2D eigenvalue weighted by Crippen LogP contribution is 2.36. The van der Waals surface area contributed by atoms with Crippen LogP contribution in [0.15, 0.2) is 4.99 Å². The van der Waals surface area contributed by atoms with Gasteiger partial charge in [0.05, 0.1) is 12.1 Å². The number of nitrogens with two attached hydrogens (primary N) is 1. The molecule has 2 N–H and O–H groups in total. The average Bonchev–Trinajstić information content (AvgIpc) is 2.79. The first-order chi connectivity index (χ1) is 10.2. The van der Waals surface area contributed by atoms with Gasteiger partial charge in [0.25, 0.3) is 0 Å². The van der Waals surface area contributed by atoms with Crippen LogP contribution in [-0.2, 0) is 0 Å². The Labute approximate surface area is 131 Å². The second kappa shape index (κ2) is 8.05. The summed E-state index contributed by atoms with van der Waals surface area (Å²) in [4.78, 5) is 7.14. The SMILES string of the molecule is CCC(C)N1C(N)=NCC12CCCCCCCCCCC2. The van der Waals surface area contributed by atoms with E-state index in [9.17, 15) is 0 Å². The molecule has 122 valence electrons. The topological polar surface area (TPSA) is 41.6 Å². The molecule has 1 aliphatic carbocycles. The van der Waals surface area contributed by atoms with Crippen molar-refractivity contribution < 1.29 is 0 Å². The normalized spacial score (nSPS) is 26.0. The molecule has 0 radical (unpaired) electrons. The molecule has 1 saturated carbocycles. The van der Waals surface area contributed by atoms with Crippen molar-refractivity contribution in [3.05, 3.63) is 0 Å². The average molecular weight is 293 g/mol. The van der Waals surface area contributed by atoms with Crippen LogP contribution in [0.3, 0.4) is 0 Å². The number of hydrogen-bond donors (Lipinski definition) is 1. The molecule has 1 atom stereocenters. The fourth-order valence-electron chi connectivity index (χ4n) is 4.17. The molecular formula is C18H35N3. The highest BCUT2D eigenvalue weighted by atomic mass is 15.4. The van der Waals surface area contributed by atoms with E-state index in [-0.39, 0.29) is 5.54 Å². The van der Waals surface area contributed by atoms with Crippen LogP contribution in [0.1, 0.15) is 90.9 Å². The Morgan fingerprint density at radius 3 is 1.95 bits per heavy atom. The smallest absolute Gasteiger partial charge is 0.192 e. The lowest BCUT2D eigenvalue weighted by molar-refractivity contribution is 0.123. The molecule has 0 saturated heterocycles. The van der Waals surface area contributed by atoms with Gasteiger partial charge in [0, 0.05) is 6.04 Å². The second-order valence-corrected chi connectivity index (χ2v) is 7.21. The molecule has 1 spiro atoms. The van der Waals surface area contributed by atoms with E-state index in [0.29, 0.717) is 6.04 Å². The maximum atomic E-state index is 6.25. The van der Waals surface area contributed by atoms with Gasteiger partial charge in [-0.2, -0.15) is 0 Å². The van der Waals surface area contributed by atoms with Crippen molar-refractivity contribution in [2.45, 2.75) is 102 Å². The third-order valence-electron chi connectivity index (χ3n) is 5.61. The van der Waals surface area contributed by atoms with Crippen molar-refractivity contribution in [3.8, 4) is 0 Å². The van der Waals surface area contributed by atoms with Gasteiger partial charge in [-0.3, -0.25) is 4.99 Å². The standard InChI is InChI=1S/C18H35N3/c1-3-16(2)21-17(19)20-15-18(21)13-11-9-7-5-4-6-8-10-12-14-18/h16H,3-15H2,1-2H3,(H2,19,20). The molecule has 0 aromatic carbocycles. The van der Waals surface area contributed by atoms with Crippen LogP contribution in [0, 0.1) is 0 Å². The van der Waals surface area contributed by atoms with Gasteiger partial charge in [-0.25, -0.2) is 0 Å². The van der Waals surface area contributed by atoms with Crippen LogP contribution >= 0.6 is 0 Å². The highest BCUT2D eigenvalue weighted by molar-refractivity contribution is 5.81. The molecule has 3 heteroatoms. The van der Waals surface area contributed by atoms with Gasteiger partial charge in [-0.05, 0) is 26.2 Å². The van der Waals surface area contributed by atoms with Crippen LogP contribution in [0.25, 0.3) is 0 Å². The molecule has 1 unspecified atom stereocenters. The van der Waals surface area contributed by atoms with Crippen LogP contribution in [0.5, 0.6) is 0 Å². The molecule has 0 bridgehead atoms. The summed E-state index contributed by atoms with van der Waals surface area (Å²) < 4.78 is 0. The van der Waals surface area contributed by atoms with Crippen molar-refractivity contribution >= 4 is 5.96 Å². The molecule has 0 aromatic rings. The molecular weight excluding hydrogens is 258 g/mol. The van der Waals surface area contributed by atoms with E-state index in [0.717, 1.165) is 18.9 Å². The summed E-state index contributed by atoms with van der Waals surface area (Å²) in [7, 11) is 0. The van der Waals surface area contributed by atoms with Crippen molar-refractivity contribution in [3.63, 3.8) is 0 Å². The van der Waals surface area contributed by atoms with Gasteiger partial charge in [0.15, 0.2) is 5.96 Å². The number of hydrogen-bond acceptors (Lipinski definition) is 3. The van der Waals surface area contributed by atoms with E-state index < -0.39 is 0 Å². The third kappa shape index (κ3) is 4.14. The van der Waals surface area contributed by atoms with Crippen molar-refractivity contribution in [1.82, 2.24) is 4.90 Å². The first kappa shape index (κ1) is 16.6. The van der Waals surface area contributed by atoms with Gasteiger partial charge >= 0.3 is 0 Å². The van der Waals surface area contributed by atoms with Gasteiger partial charge < -0.3 is 10.6 Å². The summed E-state index contributed by atoms with van der Waals surface area (Å²) in [6, 6.07) is 0.518. The quantitative estimate of drug-likeness (QED) is 0.816. The Balaban J connectivity index is 2.06. The second-order valence-electron chi connectivity index (χ2n) is 7.21. The fourth-order valence-corrected chi connectivity index (χ4v) is 4.17. The minimum absolute atomic E-state index is 0.235. The Bertz CT molecular complexity index is 325. The molecule has 1 fully saturated rings. The van der Waals surface area contributed by atoms with Crippen LogP contribution in [0.4, 0.5) is 0 Å². The zero-order valence-corrected chi connectivity index (χ0v) is 14.2. The zero-order chi connectivity index (χ0) is 15.1. The molecule has 3 nitrogen and oxygen atoms in total. The number of guanidine groups is 1. The van der Waals surface area contributed by atoms with Gasteiger partial charge in [-0.1, -0.05) is 64.7 Å². The Morgan fingerprint density at radius 1 is 1.00 bits per heavy atom. The predicted molar refractivity (Wildman–Crippen MR) is 91.6 cm³/mol. The molecule has 1 heterocycles. The van der Waals surface area contributed by atoms with Crippen LogP contribution in [0.2, 0.25) is 0 Å². The van der Waals surface area contributed by atoms with Gasteiger partial charge in [0.1, 0.15) is 0 Å². The summed E-state index contributed by atoms with van der Waals surface area (Å²) in [5.41, 5.74) is 6.49. The monoisotopic (exact) mass is 293 g/mol. The minimum Gasteiger partial charge on any atom is -0.370 e. The highest BCUT2D eigenvalue weighted by Gasteiger charge is 2.42. The van der Waals surface area contributed by atoms with Crippen molar-refractivity contribution in [2.75, 3.05) is 6.54 Å². The summed E-state index contributed by atoms with van der Waals surface area (Å²) in [6.45, 7) is 5.51. The molecule has 2 rings (SSSR count). The summed E-state index contributed by atoms with van der Waals surface area (Å²) >= 11 is 0. The Kier molecular flexibility index (Phi) is 6.38. The minimum atomic E-state index is 0.235. The van der Waals surface area contributed by atoms with Crippen LogP contribution in [-0.4, -0.2) is 29.0 Å². The first-order valence-electron chi connectivity index (χ1n) is 9.29. The summed E-state index contributed by atoms with van der Waals surface area (Å²) in [5, 5.41) is 0. The van der Waals surface area contributed by atoms with Crippen LogP contribution < -0.4 is 5.73 Å². The lowest BCUT2D eigenvalue weighted by Gasteiger charge is -2.43. The maximum Gasteiger partial charge on any atom is 0.192 e.